The summed E-state index contributed by atoms with van der Waals surface area (Å²) in [6, 6.07) is 0. The zero-order valence-corrected chi connectivity index (χ0v) is 10.8. The first kappa shape index (κ1) is 11.3. The van der Waals surface area contributed by atoms with Crippen LogP contribution in [-0.2, 0) is 4.74 Å². The van der Waals surface area contributed by atoms with Crippen LogP contribution in [0.5, 0.6) is 0 Å². The Morgan fingerprint density at radius 3 is 3.13 bits per heavy atom. The summed E-state index contributed by atoms with van der Waals surface area (Å²) in [5, 5.41) is 12.0. The minimum atomic E-state index is -0.101. The number of nitrogens with zero attached hydrogens (tertiary/aromatic N) is 2. The van der Waals surface area contributed by atoms with Gasteiger partial charge in [0, 0.05) is 18.5 Å². The van der Waals surface area contributed by atoms with Crippen LogP contribution in [-0.4, -0.2) is 42.0 Å². The molecule has 2 atom stereocenters. The summed E-state index contributed by atoms with van der Waals surface area (Å²) in [6.07, 6.45) is 0.0370. The number of aliphatic hydroxyl groups excluding tert-OH is 1. The number of hydrogen-bond acceptors (Lipinski definition) is 5. The number of aromatic nitrogens is 1. The maximum atomic E-state index is 9.10. The predicted molar refractivity (Wildman–Crippen MR) is 63.4 cm³/mol. The van der Waals surface area contributed by atoms with E-state index in [0.717, 1.165) is 16.3 Å². The van der Waals surface area contributed by atoms with Gasteiger partial charge < -0.3 is 14.7 Å². The van der Waals surface area contributed by atoms with Crippen LogP contribution < -0.4 is 4.90 Å². The Kier molecular flexibility index (Phi) is 3.60. The van der Waals surface area contributed by atoms with E-state index in [-0.39, 0.29) is 18.8 Å². The highest BCUT2D eigenvalue weighted by Gasteiger charge is 2.26. The molecule has 0 amide bonds. The van der Waals surface area contributed by atoms with Gasteiger partial charge in [0.2, 0.25) is 0 Å². The van der Waals surface area contributed by atoms with Gasteiger partial charge in [-0.05, 0) is 22.9 Å². The number of anilines is 1. The Morgan fingerprint density at radius 1 is 1.73 bits per heavy atom. The molecule has 1 N–H and O–H groups in total. The first-order valence-corrected chi connectivity index (χ1v) is 6.48. The van der Waals surface area contributed by atoms with Crippen LogP contribution in [0.4, 0.5) is 5.13 Å². The first-order valence-electron chi connectivity index (χ1n) is 4.81. The average molecular weight is 293 g/mol. The molecule has 0 saturated carbocycles. The summed E-state index contributed by atoms with van der Waals surface area (Å²) in [5.74, 6) is 0. The lowest BCUT2D eigenvalue weighted by Gasteiger charge is -2.35. The third-order valence-corrected chi connectivity index (χ3v) is 3.88. The molecule has 1 aromatic heterocycles. The van der Waals surface area contributed by atoms with Crippen LogP contribution in [0.1, 0.15) is 6.92 Å². The zero-order valence-electron chi connectivity index (χ0n) is 8.39. The first-order chi connectivity index (χ1) is 7.19. The summed E-state index contributed by atoms with van der Waals surface area (Å²) < 4.78 is 6.43. The number of ether oxygens (including phenoxy) is 1. The molecule has 2 rings (SSSR count). The molecule has 0 aliphatic carbocycles. The Balaban J connectivity index is 2.08. The van der Waals surface area contributed by atoms with E-state index in [9.17, 15) is 0 Å². The fraction of sp³-hybridized carbons (Fsp3) is 0.667. The number of halogens is 1. The van der Waals surface area contributed by atoms with Crippen molar-refractivity contribution in [3.63, 3.8) is 0 Å². The molecule has 2 heterocycles. The van der Waals surface area contributed by atoms with Crippen LogP contribution in [0.3, 0.4) is 0 Å². The number of thiazole rings is 1. The van der Waals surface area contributed by atoms with Crippen LogP contribution in [0.15, 0.2) is 9.98 Å². The maximum Gasteiger partial charge on any atom is 0.186 e. The molecular formula is C9H13BrN2O2S. The number of rotatable bonds is 2. The molecule has 15 heavy (non-hydrogen) atoms. The number of aliphatic hydroxyl groups is 1. The third kappa shape index (κ3) is 2.69. The van der Waals surface area contributed by atoms with Crippen LogP contribution in [0, 0.1) is 0 Å². The second kappa shape index (κ2) is 4.78. The molecule has 0 radical (unpaired) electrons. The summed E-state index contributed by atoms with van der Waals surface area (Å²) >= 11 is 4.94. The van der Waals surface area contributed by atoms with Gasteiger partial charge in [0.05, 0.1) is 18.8 Å². The van der Waals surface area contributed by atoms with E-state index in [4.69, 9.17) is 9.84 Å². The number of hydrogen-bond donors (Lipinski definition) is 1. The zero-order chi connectivity index (χ0) is 10.8. The number of morpholine rings is 1. The fourth-order valence-electron chi connectivity index (χ4n) is 1.69. The van der Waals surface area contributed by atoms with Gasteiger partial charge in [-0.15, -0.1) is 11.3 Å². The molecule has 6 heteroatoms. The van der Waals surface area contributed by atoms with Gasteiger partial charge in [-0.2, -0.15) is 0 Å². The average Bonchev–Trinajstić information content (AvgIpc) is 2.64. The van der Waals surface area contributed by atoms with Crippen molar-refractivity contribution >= 4 is 32.4 Å². The lowest BCUT2D eigenvalue weighted by molar-refractivity contribution is -0.0421. The molecule has 4 nitrogen and oxygen atoms in total. The van der Waals surface area contributed by atoms with E-state index < -0.39 is 0 Å². The standard InChI is InChI=1S/C9H13BrN2O2S/c1-6-2-12(3-7(4-13)14-6)9-11-8(10)5-15-9/h5-7,13H,2-4H2,1H3. The molecule has 0 aromatic carbocycles. The van der Waals surface area contributed by atoms with Gasteiger partial charge in [0.1, 0.15) is 4.60 Å². The SMILES string of the molecule is CC1CN(c2nc(Br)cs2)CC(CO)O1. The molecular weight excluding hydrogens is 280 g/mol. The highest BCUT2D eigenvalue weighted by Crippen LogP contribution is 2.26. The highest BCUT2D eigenvalue weighted by molar-refractivity contribution is 9.10. The smallest absolute Gasteiger partial charge is 0.186 e. The molecule has 84 valence electrons. The molecule has 1 aliphatic rings. The van der Waals surface area contributed by atoms with Gasteiger partial charge >= 0.3 is 0 Å². The normalized spacial score (nSPS) is 27.0. The van der Waals surface area contributed by atoms with Crippen molar-refractivity contribution in [2.75, 3.05) is 24.6 Å². The van der Waals surface area contributed by atoms with E-state index in [1.54, 1.807) is 11.3 Å². The second-order valence-electron chi connectivity index (χ2n) is 3.61. The Morgan fingerprint density at radius 2 is 2.53 bits per heavy atom. The largest absolute Gasteiger partial charge is 0.394 e. The molecule has 1 fully saturated rings. The van der Waals surface area contributed by atoms with Crippen molar-refractivity contribution in [3.05, 3.63) is 9.98 Å². The van der Waals surface area contributed by atoms with Crippen molar-refractivity contribution in [2.24, 2.45) is 0 Å². The van der Waals surface area contributed by atoms with Gasteiger partial charge in [-0.25, -0.2) is 4.98 Å². The summed E-state index contributed by atoms with van der Waals surface area (Å²) in [6.45, 7) is 3.61. The molecule has 0 bridgehead atoms. The topological polar surface area (TPSA) is 45.6 Å². The van der Waals surface area contributed by atoms with Crippen LogP contribution >= 0.6 is 27.3 Å². The van der Waals surface area contributed by atoms with Crippen molar-refractivity contribution in [1.29, 1.82) is 0 Å². The van der Waals surface area contributed by atoms with Gasteiger partial charge in [-0.1, -0.05) is 0 Å². The van der Waals surface area contributed by atoms with Gasteiger partial charge in [-0.3, -0.25) is 0 Å². The summed E-state index contributed by atoms with van der Waals surface area (Å²) in [5.41, 5.74) is 0. The minimum absolute atomic E-state index is 0.0629. The Hall–Kier alpha value is -0.170. The molecule has 0 spiro atoms. The lowest BCUT2D eigenvalue weighted by atomic mass is 10.2. The Labute approximate surface area is 101 Å². The van der Waals surface area contributed by atoms with Crippen molar-refractivity contribution < 1.29 is 9.84 Å². The third-order valence-electron chi connectivity index (χ3n) is 2.26. The van der Waals surface area contributed by atoms with Gasteiger partial charge in [0.15, 0.2) is 5.13 Å². The molecule has 2 unspecified atom stereocenters. The van der Waals surface area contributed by atoms with E-state index in [0.29, 0.717) is 6.54 Å². The predicted octanol–water partition coefficient (Wildman–Crippen LogP) is 1.49. The van der Waals surface area contributed by atoms with Crippen LogP contribution in [0.2, 0.25) is 0 Å². The van der Waals surface area contributed by atoms with E-state index in [1.165, 1.54) is 0 Å². The fourth-order valence-corrected chi connectivity index (χ4v) is 2.96. The van der Waals surface area contributed by atoms with E-state index in [2.05, 4.69) is 25.8 Å². The van der Waals surface area contributed by atoms with Gasteiger partial charge in [0.25, 0.3) is 0 Å². The lowest BCUT2D eigenvalue weighted by Crippen LogP contribution is -2.48. The van der Waals surface area contributed by atoms with Crippen molar-refractivity contribution in [2.45, 2.75) is 19.1 Å². The van der Waals surface area contributed by atoms with Crippen LogP contribution in [0.25, 0.3) is 0 Å². The molecule has 1 saturated heterocycles. The quantitative estimate of drug-likeness (QED) is 0.897. The second-order valence-corrected chi connectivity index (χ2v) is 5.26. The minimum Gasteiger partial charge on any atom is -0.394 e. The molecule has 1 aliphatic heterocycles. The summed E-state index contributed by atoms with van der Waals surface area (Å²) in [7, 11) is 0. The summed E-state index contributed by atoms with van der Waals surface area (Å²) in [4.78, 5) is 6.52. The maximum absolute atomic E-state index is 9.10. The van der Waals surface area contributed by atoms with E-state index >= 15 is 0 Å². The van der Waals surface area contributed by atoms with Crippen molar-refractivity contribution in [1.82, 2.24) is 4.98 Å². The van der Waals surface area contributed by atoms with Crippen molar-refractivity contribution in [3.8, 4) is 0 Å². The van der Waals surface area contributed by atoms with E-state index in [1.807, 2.05) is 12.3 Å². The molecule has 1 aromatic rings. The Bertz CT molecular complexity index is 334. The highest BCUT2D eigenvalue weighted by atomic mass is 79.9. The monoisotopic (exact) mass is 292 g/mol.